The van der Waals surface area contributed by atoms with E-state index < -0.39 is 9.84 Å². The first-order valence-electron chi connectivity index (χ1n) is 8.15. The van der Waals surface area contributed by atoms with Gasteiger partial charge in [-0.25, -0.2) is 13.4 Å². The molecule has 2 aromatic heterocycles. The molecule has 0 N–H and O–H groups in total. The second-order valence-electron chi connectivity index (χ2n) is 6.30. The number of hydrogen-bond donors (Lipinski definition) is 0. The number of thiophene rings is 1. The minimum atomic E-state index is -2.96. The van der Waals surface area contributed by atoms with Crippen LogP contribution in [0.2, 0.25) is 4.34 Å². The molecule has 0 aromatic carbocycles. The summed E-state index contributed by atoms with van der Waals surface area (Å²) in [6.45, 7) is 4.94. The van der Waals surface area contributed by atoms with Crippen molar-refractivity contribution in [2.75, 3.05) is 44.7 Å². The quantitative estimate of drug-likeness (QED) is 0.724. The third kappa shape index (κ3) is 4.83. The second-order valence-corrected chi connectivity index (χ2v) is 11.3. The van der Waals surface area contributed by atoms with Crippen molar-refractivity contribution in [2.24, 2.45) is 0 Å². The van der Waals surface area contributed by atoms with Crippen molar-refractivity contribution >= 4 is 50.0 Å². The van der Waals surface area contributed by atoms with Gasteiger partial charge in [-0.3, -0.25) is 9.69 Å². The Hall–Kier alpha value is -1.00. The zero-order valence-electron chi connectivity index (χ0n) is 14.6. The average molecular weight is 434 g/mol. The number of sulfone groups is 1. The Balaban J connectivity index is 1.63. The highest BCUT2D eigenvalue weighted by Crippen LogP contribution is 2.35. The molecule has 1 amide bonds. The summed E-state index contributed by atoms with van der Waals surface area (Å²) in [6.07, 6.45) is 1.25. The van der Waals surface area contributed by atoms with Gasteiger partial charge >= 0.3 is 0 Å². The molecule has 0 aliphatic carbocycles. The Morgan fingerprint density at radius 2 is 1.92 bits per heavy atom. The minimum absolute atomic E-state index is 0.00309. The average Bonchev–Trinajstić information content (AvgIpc) is 3.18. The summed E-state index contributed by atoms with van der Waals surface area (Å²) in [5.74, 6) is 0.151. The number of rotatable bonds is 5. The number of halogens is 1. The lowest BCUT2D eigenvalue weighted by atomic mass is 10.2. The molecule has 0 saturated carbocycles. The largest absolute Gasteiger partial charge is 0.335 e. The number of aromatic nitrogens is 1. The van der Waals surface area contributed by atoms with Gasteiger partial charge in [0.1, 0.15) is 19.7 Å². The smallest absolute Gasteiger partial charge is 0.265 e. The van der Waals surface area contributed by atoms with Crippen LogP contribution >= 0.6 is 34.3 Å². The molecule has 2 aromatic rings. The molecule has 1 aliphatic heterocycles. The van der Waals surface area contributed by atoms with Crippen LogP contribution in [-0.4, -0.2) is 73.8 Å². The van der Waals surface area contributed by atoms with Crippen LogP contribution in [0.1, 0.15) is 15.4 Å². The van der Waals surface area contributed by atoms with E-state index in [0.29, 0.717) is 41.9 Å². The van der Waals surface area contributed by atoms with E-state index in [4.69, 9.17) is 11.6 Å². The number of hydrogen-bond acceptors (Lipinski definition) is 7. The van der Waals surface area contributed by atoms with Crippen molar-refractivity contribution in [3.8, 4) is 9.88 Å². The summed E-state index contributed by atoms with van der Waals surface area (Å²) in [6, 6.07) is 3.75. The summed E-state index contributed by atoms with van der Waals surface area (Å²) in [7, 11) is -2.96. The number of aryl methyl sites for hydroxylation is 1. The van der Waals surface area contributed by atoms with E-state index in [1.54, 1.807) is 0 Å². The molecule has 1 fully saturated rings. The monoisotopic (exact) mass is 433 g/mol. The molecule has 1 saturated heterocycles. The number of amides is 1. The van der Waals surface area contributed by atoms with E-state index in [-0.39, 0.29) is 11.7 Å². The molecule has 0 radical (unpaired) electrons. The summed E-state index contributed by atoms with van der Waals surface area (Å²) in [5.41, 5.74) is 0.735. The van der Waals surface area contributed by atoms with E-state index in [1.807, 2.05) is 24.0 Å². The molecule has 3 rings (SSSR count). The first-order chi connectivity index (χ1) is 12.2. The zero-order chi connectivity index (χ0) is 18.9. The summed E-state index contributed by atoms with van der Waals surface area (Å²) in [4.78, 5) is 22.9. The fourth-order valence-corrected chi connectivity index (χ4v) is 5.46. The van der Waals surface area contributed by atoms with E-state index in [0.717, 1.165) is 15.6 Å². The SMILES string of the molecule is Cc1nc(-c2ccc(Cl)s2)sc1C(=O)N1CCN(CCS(C)(=O)=O)CC1. The van der Waals surface area contributed by atoms with Crippen LogP contribution in [0.15, 0.2) is 12.1 Å². The summed E-state index contributed by atoms with van der Waals surface area (Å²) >= 11 is 8.84. The van der Waals surface area contributed by atoms with Crippen LogP contribution in [-0.2, 0) is 9.84 Å². The first kappa shape index (κ1) is 19.8. The Bertz CT molecular complexity index is 899. The molecule has 0 unspecified atom stereocenters. The molecule has 0 spiro atoms. The molecule has 6 nitrogen and oxygen atoms in total. The van der Waals surface area contributed by atoms with Gasteiger partial charge in [0.05, 0.1) is 20.7 Å². The van der Waals surface area contributed by atoms with Crippen LogP contribution in [0.5, 0.6) is 0 Å². The molecular weight excluding hydrogens is 414 g/mol. The van der Waals surface area contributed by atoms with E-state index in [9.17, 15) is 13.2 Å². The van der Waals surface area contributed by atoms with Crippen LogP contribution in [0.4, 0.5) is 0 Å². The van der Waals surface area contributed by atoms with Crippen molar-refractivity contribution in [1.82, 2.24) is 14.8 Å². The van der Waals surface area contributed by atoms with Gasteiger partial charge in [-0.1, -0.05) is 11.6 Å². The first-order valence-corrected chi connectivity index (χ1v) is 12.2. The molecule has 0 bridgehead atoms. The third-order valence-corrected chi connectivity index (χ3v) is 7.68. The van der Waals surface area contributed by atoms with Gasteiger partial charge in [0, 0.05) is 39.0 Å². The molecule has 3 heterocycles. The van der Waals surface area contributed by atoms with Crippen molar-refractivity contribution in [1.29, 1.82) is 0 Å². The highest BCUT2D eigenvalue weighted by molar-refractivity contribution is 7.90. The topological polar surface area (TPSA) is 70.6 Å². The molecule has 26 heavy (non-hydrogen) atoms. The third-order valence-electron chi connectivity index (χ3n) is 4.21. The van der Waals surface area contributed by atoms with Crippen LogP contribution in [0.3, 0.4) is 0 Å². The predicted octanol–water partition coefficient (Wildman–Crippen LogP) is 2.64. The highest BCUT2D eigenvalue weighted by atomic mass is 35.5. The normalized spacial score (nSPS) is 16.2. The number of nitrogens with zero attached hydrogens (tertiary/aromatic N) is 3. The van der Waals surface area contributed by atoms with Crippen LogP contribution in [0.25, 0.3) is 9.88 Å². The molecule has 1 aliphatic rings. The van der Waals surface area contributed by atoms with Crippen molar-refractivity contribution in [3.05, 3.63) is 27.0 Å². The Morgan fingerprint density at radius 3 is 2.50 bits per heavy atom. The van der Waals surface area contributed by atoms with Gasteiger partial charge in [0.25, 0.3) is 5.91 Å². The van der Waals surface area contributed by atoms with Gasteiger partial charge < -0.3 is 4.90 Å². The van der Waals surface area contributed by atoms with Gasteiger partial charge in [-0.15, -0.1) is 22.7 Å². The number of carbonyl (C=O) groups is 1. The number of piperazine rings is 1. The van der Waals surface area contributed by atoms with E-state index >= 15 is 0 Å². The second kappa shape index (κ2) is 7.93. The fraction of sp³-hybridized carbons (Fsp3) is 0.500. The van der Waals surface area contributed by atoms with Crippen molar-refractivity contribution in [2.45, 2.75) is 6.92 Å². The molecule has 10 heteroatoms. The van der Waals surface area contributed by atoms with Crippen molar-refractivity contribution < 1.29 is 13.2 Å². The Kier molecular flexibility index (Phi) is 6.03. The molecule has 142 valence electrons. The van der Waals surface area contributed by atoms with Crippen molar-refractivity contribution in [3.63, 3.8) is 0 Å². The fourth-order valence-electron chi connectivity index (χ4n) is 2.74. The summed E-state index contributed by atoms with van der Waals surface area (Å²) in [5, 5.41) is 0.814. The predicted molar refractivity (Wildman–Crippen MR) is 107 cm³/mol. The Morgan fingerprint density at radius 1 is 1.23 bits per heavy atom. The van der Waals surface area contributed by atoms with Crippen LogP contribution < -0.4 is 0 Å². The lowest BCUT2D eigenvalue weighted by molar-refractivity contribution is 0.0648. The standard InChI is InChI=1S/C16H20ClN3O3S3/c1-11-14(25-15(18-11)12-3-4-13(17)24-12)16(21)20-7-5-19(6-8-20)9-10-26(2,22)23/h3-4H,5-10H2,1-2H3. The van der Waals surface area contributed by atoms with E-state index in [1.165, 1.54) is 28.9 Å². The van der Waals surface area contributed by atoms with Gasteiger partial charge in [-0.2, -0.15) is 0 Å². The van der Waals surface area contributed by atoms with E-state index in [2.05, 4.69) is 9.88 Å². The van der Waals surface area contributed by atoms with Gasteiger partial charge in [0.2, 0.25) is 0 Å². The van der Waals surface area contributed by atoms with Gasteiger partial charge in [0.15, 0.2) is 0 Å². The molecular formula is C16H20ClN3O3S3. The zero-order valence-corrected chi connectivity index (χ0v) is 17.8. The summed E-state index contributed by atoms with van der Waals surface area (Å²) < 4.78 is 23.3. The Labute approximate surface area is 166 Å². The number of thiazole rings is 1. The van der Waals surface area contributed by atoms with Crippen LogP contribution in [0, 0.1) is 6.92 Å². The number of carbonyl (C=O) groups excluding carboxylic acids is 1. The maximum absolute atomic E-state index is 12.9. The van der Waals surface area contributed by atoms with Gasteiger partial charge in [-0.05, 0) is 19.1 Å². The highest BCUT2D eigenvalue weighted by Gasteiger charge is 2.26. The molecule has 0 atom stereocenters. The minimum Gasteiger partial charge on any atom is -0.335 e. The maximum Gasteiger partial charge on any atom is 0.265 e. The lowest BCUT2D eigenvalue weighted by Gasteiger charge is -2.34. The maximum atomic E-state index is 12.9. The lowest BCUT2D eigenvalue weighted by Crippen LogP contribution is -2.49.